The summed E-state index contributed by atoms with van der Waals surface area (Å²) in [7, 11) is 0. The van der Waals surface area contributed by atoms with Gasteiger partial charge in [0.15, 0.2) is 0 Å². The van der Waals surface area contributed by atoms with Gasteiger partial charge in [0.05, 0.1) is 21.6 Å². The molecule has 152 valence electrons. The lowest BCUT2D eigenvalue weighted by Crippen LogP contribution is -2.28. The number of imide groups is 1. The average Bonchev–Trinajstić information content (AvgIpc) is 3.41. The Hall–Kier alpha value is -2.48. The molecule has 5 rings (SSSR count). The number of hydrogen-bond donors (Lipinski definition) is 0. The fourth-order valence-electron chi connectivity index (χ4n) is 4.68. The maximum Gasteiger partial charge on any atom is 0.254 e. The normalized spacial score (nSPS) is 26.8. The number of fused-ring (bicyclic) bond motifs is 5. The van der Waals surface area contributed by atoms with Gasteiger partial charge in [-0.05, 0) is 77.1 Å². The van der Waals surface area contributed by atoms with Crippen LogP contribution in [0, 0.1) is 34.2 Å². The lowest BCUT2D eigenvalue weighted by Gasteiger charge is -2.13. The van der Waals surface area contributed by atoms with Crippen molar-refractivity contribution in [2.75, 3.05) is 0 Å². The molecular weight excluding hydrogens is 491 g/mol. The predicted octanol–water partition coefficient (Wildman–Crippen LogP) is 4.32. The number of halogens is 1. The highest BCUT2D eigenvalue weighted by molar-refractivity contribution is 14.1. The first-order valence-corrected chi connectivity index (χ1v) is 11.2. The van der Waals surface area contributed by atoms with Crippen LogP contribution >= 0.6 is 22.6 Å². The van der Waals surface area contributed by atoms with Gasteiger partial charge in [0.2, 0.25) is 0 Å². The van der Waals surface area contributed by atoms with Crippen molar-refractivity contribution in [1.29, 1.82) is 0 Å². The molecule has 0 N–H and O–H groups in total. The van der Waals surface area contributed by atoms with Crippen molar-refractivity contribution in [3.05, 3.63) is 74.9 Å². The summed E-state index contributed by atoms with van der Waals surface area (Å²) in [6, 6.07) is 14.0. The number of rotatable bonds is 5. The van der Waals surface area contributed by atoms with Crippen LogP contribution in [0.15, 0.2) is 59.7 Å². The third-order valence-corrected chi connectivity index (χ3v) is 7.08. The van der Waals surface area contributed by atoms with Crippen LogP contribution in [0.2, 0.25) is 0 Å². The van der Waals surface area contributed by atoms with Crippen LogP contribution < -0.4 is 4.74 Å². The van der Waals surface area contributed by atoms with Gasteiger partial charge >= 0.3 is 0 Å². The molecule has 2 fully saturated rings. The van der Waals surface area contributed by atoms with E-state index in [1.807, 2.05) is 18.2 Å². The van der Waals surface area contributed by atoms with Crippen LogP contribution in [0.3, 0.4) is 0 Å². The SMILES string of the molecule is Cc1ccc(COc2ccc(C=NN3C(=O)[C@@H]4[C@H](C3=O)[C@H]3C=C[C@H]4C3)cc2I)cc1. The minimum Gasteiger partial charge on any atom is -0.488 e. The molecule has 2 bridgehead atoms. The third kappa shape index (κ3) is 3.37. The molecule has 1 aliphatic heterocycles. The smallest absolute Gasteiger partial charge is 0.254 e. The number of aryl methyl sites for hydroxylation is 1. The number of nitrogens with zero attached hydrogens (tertiary/aromatic N) is 2. The van der Waals surface area contributed by atoms with Crippen LogP contribution in [-0.4, -0.2) is 23.0 Å². The van der Waals surface area contributed by atoms with E-state index in [0.717, 1.165) is 31.9 Å². The highest BCUT2D eigenvalue weighted by atomic mass is 127. The topological polar surface area (TPSA) is 59.0 Å². The van der Waals surface area contributed by atoms with Gasteiger partial charge in [-0.1, -0.05) is 42.0 Å². The van der Waals surface area contributed by atoms with E-state index in [4.69, 9.17) is 4.74 Å². The predicted molar refractivity (Wildman–Crippen MR) is 122 cm³/mol. The summed E-state index contributed by atoms with van der Waals surface area (Å²) in [5, 5.41) is 5.32. The summed E-state index contributed by atoms with van der Waals surface area (Å²) in [5.41, 5.74) is 3.16. The van der Waals surface area contributed by atoms with E-state index in [0.29, 0.717) is 6.61 Å². The Balaban J connectivity index is 1.26. The Morgan fingerprint density at radius 1 is 1.07 bits per heavy atom. The summed E-state index contributed by atoms with van der Waals surface area (Å²) < 4.78 is 6.88. The maximum atomic E-state index is 12.7. The first-order valence-electron chi connectivity index (χ1n) is 10.1. The second-order valence-corrected chi connectivity index (χ2v) is 9.36. The lowest BCUT2D eigenvalue weighted by atomic mass is 9.85. The zero-order valence-corrected chi connectivity index (χ0v) is 18.7. The van der Waals surface area contributed by atoms with E-state index in [-0.39, 0.29) is 35.5 Å². The Kier molecular flexibility index (Phi) is 4.97. The van der Waals surface area contributed by atoms with Crippen molar-refractivity contribution in [1.82, 2.24) is 5.01 Å². The molecule has 2 amide bonds. The van der Waals surface area contributed by atoms with Gasteiger partial charge in [-0.15, -0.1) is 0 Å². The fraction of sp³-hybridized carbons (Fsp3) is 0.292. The Labute approximate surface area is 188 Å². The van der Waals surface area contributed by atoms with Gasteiger partial charge in [-0.3, -0.25) is 9.59 Å². The monoisotopic (exact) mass is 512 g/mol. The summed E-state index contributed by atoms with van der Waals surface area (Å²) in [6.45, 7) is 2.56. The summed E-state index contributed by atoms with van der Waals surface area (Å²) in [4.78, 5) is 25.4. The molecule has 2 aromatic carbocycles. The lowest BCUT2D eigenvalue weighted by molar-refractivity contribution is -0.140. The van der Waals surface area contributed by atoms with Crippen LogP contribution in [0.25, 0.3) is 0 Å². The van der Waals surface area contributed by atoms with Gasteiger partial charge in [0.25, 0.3) is 11.8 Å². The molecule has 2 aromatic rings. The number of allylic oxidation sites excluding steroid dienone is 2. The fourth-order valence-corrected chi connectivity index (χ4v) is 5.38. The van der Waals surface area contributed by atoms with Crippen LogP contribution in [0.5, 0.6) is 5.75 Å². The largest absolute Gasteiger partial charge is 0.488 e. The van der Waals surface area contributed by atoms with Gasteiger partial charge < -0.3 is 4.74 Å². The molecule has 0 unspecified atom stereocenters. The standard InChI is InChI=1S/C24H21IN2O3/c1-14-2-4-15(5-3-14)13-30-20-9-6-16(10-19(20)25)12-26-27-23(28)21-17-7-8-18(11-17)22(21)24(27)29/h2-10,12,17-18,21-22H,11,13H2,1H3/t17-,18-,21-,22+/m0/s1. The van der Waals surface area contributed by atoms with Gasteiger partial charge in [0, 0.05) is 0 Å². The van der Waals surface area contributed by atoms with Crippen molar-refractivity contribution >= 4 is 40.6 Å². The first kappa shape index (κ1) is 19.5. The summed E-state index contributed by atoms with van der Waals surface area (Å²) in [6.07, 6.45) is 6.68. The molecule has 3 aliphatic rings. The quantitative estimate of drug-likeness (QED) is 0.260. The number of benzene rings is 2. The highest BCUT2D eigenvalue weighted by Gasteiger charge is 2.59. The third-order valence-electron chi connectivity index (χ3n) is 6.24. The summed E-state index contributed by atoms with van der Waals surface area (Å²) >= 11 is 2.22. The van der Waals surface area contributed by atoms with Crippen LogP contribution in [0.1, 0.15) is 23.1 Å². The zero-order chi connectivity index (χ0) is 20.8. The first-order chi connectivity index (χ1) is 14.5. The van der Waals surface area contributed by atoms with Gasteiger partial charge in [-0.25, -0.2) is 0 Å². The molecule has 5 nitrogen and oxygen atoms in total. The Morgan fingerprint density at radius 3 is 2.37 bits per heavy atom. The van der Waals surface area contributed by atoms with E-state index in [9.17, 15) is 9.59 Å². The van der Waals surface area contributed by atoms with Gasteiger partial charge in [0.1, 0.15) is 12.4 Å². The Morgan fingerprint density at radius 2 is 1.73 bits per heavy atom. The minimum absolute atomic E-state index is 0.161. The molecule has 1 saturated carbocycles. The van der Waals surface area contributed by atoms with E-state index in [1.54, 1.807) is 6.21 Å². The van der Waals surface area contributed by atoms with Crippen molar-refractivity contribution in [3.8, 4) is 5.75 Å². The van der Waals surface area contributed by atoms with Crippen molar-refractivity contribution in [3.63, 3.8) is 0 Å². The van der Waals surface area contributed by atoms with Crippen molar-refractivity contribution in [2.24, 2.45) is 28.8 Å². The molecule has 1 saturated heterocycles. The van der Waals surface area contributed by atoms with Crippen molar-refractivity contribution < 1.29 is 14.3 Å². The summed E-state index contributed by atoms with van der Waals surface area (Å²) in [5.74, 6) is 0.422. The minimum atomic E-state index is -0.220. The number of ether oxygens (including phenoxy) is 1. The molecule has 0 spiro atoms. The molecule has 2 aliphatic carbocycles. The van der Waals surface area contributed by atoms with Crippen molar-refractivity contribution in [2.45, 2.75) is 20.0 Å². The van der Waals surface area contributed by atoms with E-state index in [2.05, 4.69) is 71.0 Å². The number of hydrogen-bond acceptors (Lipinski definition) is 4. The number of carbonyl (C=O) groups is 2. The van der Waals surface area contributed by atoms with E-state index in [1.165, 1.54) is 5.56 Å². The molecule has 4 atom stereocenters. The van der Waals surface area contributed by atoms with E-state index < -0.39 is 0 Å². The molecule has 1 heterocycles. The molecule has 30 heavy (non-hydrogen) atoms. The zero-order valence-electron chi connectivity index (χ0n) is 16.5. The number of hydrazone groups is 1. The molecule has 0 radical (unpaired) electrons. The second kappa shape index (κ2) is 7.65. The van der Waals surface area contributed by atoms with Gasteiger partial charge in [-0.2, -0.15) is 10.1 Å². The van der Waals surface area contributed by atoms with Crippen LogP contribution in [-0.2, 0) is 16.2 Å². The second-order valence-electron chi connectivity index (χ2n) is 8.20. The molecule has 6 heteroatoms. The maximum absolute atomic E-state index is 12.7. The number of amides is 2. The van der Waals surface area contributed by atoms with E-state index >= 15 is 0 Å². The average molecular weight is 512 g/mol. The Bertz CT molecular complexity index is 1050. The molecule has 0 aromatic heterocycles. The highest BCUT2D eigenvalue weighted by Crippen LogP contribution is 2.52. The van der Waals surface area contributed by atoms with Crippen LogP contribution in [0.4, 0.5) is 0 Å². The number of carbonyl (C=O) groups excluding carboxylic acids is 2. The molecular formula is C24H21IN2O3.